The van der Waals surface area contributed by atoms with E-state index in [4.69, 9.17) is 9.47 Å². The van der Waals surface area contributed by atoms with Gasteiger partial charge in [-0.1, -0.05) is 29.0 Å². The molecule has 9 nitrogen and oxygen atoms in total. The Morgan fingerprint density at radius 1 is 1.12 bits per heavy atom. The number of rotatable bonds is 6. The summed E-state index contributed by atoms with van der Waals surface area (Å²) in [6, 6.07) is 12.0. The van der Waals surface area contributed by atoms with Gasteiger partial charge in [0.15, 0.2) is 21.3 Å². The van der Waals surface area contributed by atoms with Crippen LogP contribution in [0, 0.1) is 13.8 Å². The Labute approximate surface area is 193 Å². The Morgan fingerprint density at radius 2 is 1.85 bits per heavy atom. The summed E-state index contributed by atoms with van der Waals surface area (Å²) in [5, 5.41) is 7.77. The van der Waals surface area contributed by atoms with Crippen LogP contribution in [0.1, 0.15) is 17.7 Å². The van der Waals surface area contributed by atoms with Crippen molar-refractivity contribution in [2.45, 2.75) is 25.2 Å². The number of sulfone groups is 1. The third kappa shape index (κ3) is 4.29. The van der Waals surface area contributed by atoms with Crippen LogP contribution in [0.3, 0.4) is 0 Å². The van der Waals surface area contributed by atoms with Crippen molar-refractivity contribution in [2.75, 3.05) is 17.9 Å². The Bertz CT molecular complexity index is 1430. The average Bonchev–Trinajstić information content (AvgIpc) is 3.48. The van der Waals surface area contributed by atoms with Crippen molar-refractivity contribution in [1.29, 1.82) is 0 Å². The molecule has 0 bridgehead atoms. The number of thiazole rings is 1. The van der Waals surface area contributed by atoms with Gasteiger partial charge in [-0.25, -0.2) is 13.4 Å². The SMILES string of the molecule is Cc1ccc(S(=O)(=O)CCC(=O)Nc2cc(C)nn2-c2nc3cc4c(cc3s2)OCO4)cc1. The van der Waals surface area contributed by atoms with E-state index < -0.39 is 15.7 Å². The fraction of sp³-hybridized carbons (Fsp3) is 0.227. The van der Waals surface area contributed by atoms with Gasteiger partial charge in [-0.15, -0.1) is 0 Å². The van der Waals surface area contributed by atoms with Gasteiger partial charge in [0.05, 0.1) is 26.6 Å². The van der Waals surface area contributed by atoms with Gasteiger partial charge in [0, 0.05) is 24.6 Å². The summed E-state index contributed by atoms with van der Waals surface area (Å²) >= 11 is 1.39. The van der Waals surface area contributed by atoms with Crippen molar-refractivity contribution in [3.8, 4) is 16.6 Å². The Balaban J connectivity index is 1.33. The second kappa shape index (κ2) is 8.16. The zero-order valence-corrected chi connectivity index (χ0v) is 19.5. The van der Waals surface area contributed by atoms with E-state index in [0.29, 0.717) is 28.1 Å². The third-order valence-corrected chi connectivity index (χ3v) is 7.86. The number of carbonyl (C=O) groups is 1. The van der Waals surface area contributed by atoms with E-state index in [1.165, 1.54) is 11.3 Å². The molecule has 0 saturated heterocycles. The number of ether oxygens (including phenoxy) is 2. The van der Waals surface area contributed by atoms with Crippen molar-refractivity contribution < 1.29 is 22.7 Å². The predicted octanol–water partition coefficient (Wildman–Crippen LogP) is 3.63. The minimum absolute atomic E-state index is 0.179. The standard InChI is InChI=1S/C22H20N4O5S2/c1-13-3-5-15(6-4-13)33(28,29)8-7-21(27)24-20-9-14(2)25-26(20)22-23-16-10-17-18(31-12-30-17)11-19(16)32-22/h3-6,9-11H,7-8,12H2,1-2H3,(H,24,27). The maximum Gasteiger partial charge on any atom is 0.231 e. The van der Waals surface area contributed by atoms with Gasteiger partial charge in [-0.3, -0.25) is 4.79 Å². The number of hydrogen-bond donors (Lipinski definition) is 1. The van der Waals surface area contributed by atoms with Crippen molar-refractivity contribution in [3.63, 3.8) is 0 Å². The molecule has 1 aliphatic rings. The van der Waals surface area contributed by atoms with Crippen LogP contribution in [-0.2, 0) is 14.6 Å². The summed E-state index contributed by atoms with van der Waals surface area (Å²) in [7, 11) is -3.56. The van der Waals surface area contributed by atoms with E-state index in [1.807, 2.05) is 19.1 Å². The molecule has 4 aromatic rings. The van der Waals surface area contributed by atoms with Crippen molar-refractivity contribution in [2.24, 2.45) is 0 Å². The zero-order chi connectivity index (χ0) is 23.2. The lowest BCUT2D eigenvalue weighted by molar-refractivity contribution is -0.115. The molecule has 1 aliphatic heterocycles. The van der Waals surface area contributed by atoms with Gasteiger partial charge in [0.1, 0.15) is 5.82 Å². The first kappa shape index (κ1) is 21.4. The van der Waals surface area contributed by atoms with E-state index >= 15 is 0 Å². The van der Waals surface area contributed by atoms with Gasteiger partial charge < -0.3 is 14.8 Å². The van der Waals surface area contributed by atoms with Gasteiger partial charge in [-0.2, -0.15) is 9.78 Å². The molecule has 33 heavy (non-hydrogen) atoms. The molecule has 2 aromatic carbocycles. The minimum atomic E-state index is -3.56. The van der Waals surface area contributed by atoms with Crippen LogP contribution in [0.5, 0.6) is 11.5 Å². The monoisotopic (exact) mass is 484 g/mol. The summed E-state index contributed by atoms with van der Waals surface area (Å²) in [6.07, 6.45) is -0.179. The highest BCUT2D eigenvalue weighted by Crippen LogP contribution is 2.38. The van der Waals surface area contributed by atoms with Crippen LogP contribution >= 0.6 is 11.3 Å². The number of benzene rings is 2. The summed E-state index contributed by atoms with van der Waals surface area (Å²) < 4.78 is 38.4. The quantitative estimate of drug-likeness (QED) is 0.445. The molecule has 170 valence electrons. The number of aryl methyl sites for hydroxylation is 2. The molecule has 0 unspecified atom stereocenters. The number of amides is 1. The van der Waals surface area contributed by atoms with Gasteiger partial charge in [0.25, 0.3) is 0 Å². The highest BCUT2D eigenvalue weighted by molar-refractivity contribution is 7.91. The Morgan fingerprint density at radius 3 is 2.61 bits per heavy atom. The molecule has 2 aromatic heterocycles. The van der Waals surface area contributed by atoms with Crippen LogP contribution in [0.25, 0.3) is 15.3 Å². The summed E-state index contributed by atoms with van der Waals surface area (Å²) in [5.41, 5.74) is 2.38. The predicted molar refractivity (Wildman–Crippen MR) is 124 cm³/mol. The molecule has 0 fully saturated rings. The lowest BCUT2D eigenvalue weighted by Crippen LogP contribution is -2.19. The first-order chi connectivity index (χ1) is 15.8. The molecule has 0 spiro atoms. The molecule has 0 radical (unpaired) electrons. The van der Waals surface area contributed by atoms with E-state index in [9.17, 15) is 13.2 Å². The highest BCUT2D eigenvalue weighted by Gasteiger charge is 2.20. The van der Waals surface area contributed by atoms with E-state index in [-0.39, 0.29) is 23.9 Å². The van der Waals surface area contributed by atoms with E-state index in [2.05, 4.69) is 15.4 Å². The number of hydrogen-bond acceptors (Lipinski definition) is 8. The number of aromatic nitrogens is 3. The molecule has 5 rings (SSSR count). The van der Waals surface area contributed by atoms with Gasteiger partial charge >= 0.3 is 0 Å². The number of nitrogens with one attached hydrogen (secondary N) is 1. The Hall–Kier alpha value is -3.44. The van der Waals surface area contributed by atoms with Crippen LogP contribution < -0.4 is 14.8 Å². The number of carbonyl (C=O) groups excluding carboxylic acids is 1. The van der Waals surface area contributed by atoms with Crippen LogP contribution in [0.15, 0.2) is 47.4 Å². The first-order valence-corrected chi connectivity index (χ1v) is 12.6. The van der Waals surface area contributed by atoms with Crippen molar-refractivity contribution in [1.82, 2.24) is 14.8 Å². The topological polar surface area (TPSA) is 112 Å². The van der Waals surface area contributed by atoms with E-state index in [1.54, 1.807) is 41.9 Å². The second-order valence-electron chi connectivity index (χ2n) is 7.68. The molecular formula is C22H20N4O5S2. The largest absolute Gasteiger partial charge is 0.454 e. The van der Waals surface area contributed by atoms with Crippen LogP contribution in [-0.4, -0.2) is 41.6 Å². The fourth-order valence-corrected chi connectivity index (χ4v) is 5.61. The smallest absolute Gasteiger partial charge is 0.231 e. The minimum Gasteiger partial charge on any atom is -0.454 e. The molecule has 11 heteroatoms. The fourth-order valence-electron chi connectivity index (χ4n) is 3.43. The zero-order valence-electron chi connectivity index (χ0n) is 17.9. The van der Waals surface area contributed by atoms with Gasteiger partial charge in [0.2, 0.25) is 17.8 Å². The Kier molecular flexibility index (Phi) is 5.29. The molecule has 0 saturated carbocycles. The third-order valence-electron chi connectivity index (χ3n) is 5.13. The molecule has 1 amide bonds. The van der Waals surface area contributed by atoms with Crippen molar-refractivity contribution >= 4 is 43.1 Å². The number of nitrogens with zero attached hydrogens (tertiary/aromatic N) is 3. The van der Waals surface area contributed by atoms with Crippen LogP contribution in [0.2, 0.25) is 0 Å². The maximum absolute atomic E-state index is 12.6. The molecule has 1 N–H and O–H groups in total. The van der Waals surface area contributed by atoms with Crippen LogP contribution in [0.4, 0.5) is 5.82 Å². The molecule has 3 heterocycles. The average molecular weight is 485 g/mol. The maximum atomic E-state index is 12.6. The normalized spacial score (nSPS) is 12.9. The number of anilines is 1. The second-order valence-corrected chi connectivity index (χ2v) is 10.8. The summed E-state index contributed by atoms with van der Waals surface area (Å²) in [4.78, 5) is 17.4. The van der Waals surface area contributed by atoms with Gasteiger partial charge in [-0.05, 0) is 26.0 Å². The molecular weight excluding hydrogens is 464 g/mol. The highest BCUT2D eigenvalue weighted by atomic mass is 32.2. The first-order valence-electron chi connectivity index (χ1n) is 10.1. The lowest BCUT2D eigenvalue weighted by atomic mass is 10.2. The molecule has 0 aliphatic carbocycles. The lowest BCUT2D eigenvalue weighted by Gasteiger charge is -2.07. The molecule has 0 atom stereocenters. The summed E-state index contributed by atoms with van der Waals surface area (Å²) in [5.74, 6) is 1.01. The van der Waals surface area contributed by atoms with Crippen molar-refractivity contribution in [3.05, 3.63) is 53.7 Å². The number of fused-ring (bicyclic) bond motifs is 2. The van der Waals surface area contributed by atoms with E-state index in [0.717, 1.165) is 15.8 Å². The summed E-state index contributed by atoms with van der Waals surface area (Å²) in [6.45, 7) is 3.87.